The fraction of sp³-hybridized carbons (Fsp3) is 0.385. The molecule has 1 heterocycles. The fourth-order valence-corrected chi connectivity index (χ4v) is 2.59. The molecule has 2 rings (SSSR count). The summed E-state index contributed by atoms with van der Waals surface area (Å²) in [6, 6.07) is 5.22. The average Bonchev–Trinajstić information content (AvgIpc) is 2.67. The summed E-state index contributed by atoms with van der Waals surface area (Å²) in [5.74, 6) is 0. The van der Waals surface area contributed by atoms with Crippen LogP contribution in [-0.4, -0.2) is 45.2 Å². The Morgan fingerprint density at radius 3 is 2.61 bits per heavy atom. The number of fused-ring (bicyclic) bond motifs is 1. The Balaban J connectivity index is 2.44. The van der Waals surface area contributed by atoms with Crippen LogP contribution in [0.3, 0.4) is 0 Å². The molecule has 0 atom stereocenters. The van der Waals surface area contributed by atoms with Crippen LogP contribution in [-0.2, 0) is 16.3 Å². The lowest BCUT2D eigenvalue weighted by molar-refractivity contribution is 0.414. The monoisotopic (exact) mass is 266 g/mol. The Labute approximate surface area is 108 Å². The van der Waals surface area contributed by atoms with Gasteiger partial charge in [-0.05, 0) is 44.3 Å². The molecule has 0 saturated heterocycles. The molecule has 0 aliphatic heterocycles. The minimum absolute atomic E-state index is 0.376. The second-order valence-corrected chi connectivity index (χ2v) is 6.86. The zero-order chi connectivity index (χ0) is 13.3. The predicted octanol–water partition coefficient (Wildman–Crippen LogP) is 1.68. The van der Waals surface area contributed by atoms with Crippen molar-refractivity contribution in [3.05, 3.63) is 30.0 Å². The number of benzene rings is 1. The van der Waals surface area contributed by atoms with Crippen molar-refractivity contribution >= 4 is 20.7 Å². The van der Waals surface area contributed by atoms with E-state index in [1.54, 1.807) is 12.1 Å². The molecule has 18 heavy (non-hydrogen) atoms. The molecule has 4 nitrogen and oxygen atoms in total. The minimum atomic E-state index is -3.14. The number of aromatic nitrogens is 1. The number of aromatic amines is 1. The van der Waals surface area contributed by atoms with E-state index < -0.39 is 9.84 Å². The molecule has 0 bridgehead atoms. The van der Waals surface area contributed by atoms with Crippen molar-refractivity contribution in [1.82, 2.24) is 9.88 Å². The topological polar surface area (TPSA) is 53.2 Å². The highest BCUT2D eigenvalue weighted by Gasteiger charge is 2.10. The number of hydrogen-bond donors (Lipinski definition) is 1. The van der Waals surface area contributed by atoms with E-state index in [2.05, 4.69) is 9.88 Å². The van der Waals surface area contributed by atoms with Gasteiger partial charge in [0.05, 0.1) is 4.90 Å². The summed E-state index contributed by atoms with van der Waals surface area (Å²) in [4.78, 5) is 5.66. The maximum atomic E-state index is 11.6. The second kappa shape index (κ2) is 4.74. The van der Waals surface area contributed by atoms with Gasteiger partial charge in [-0.15, -0.1) is 0 Å². The molecule has 1 aromatic heterocycles. The van der Waals surface area contributed by atoms with E-state index in [-0.39, 0.29) is 0 Å². The third kappa shape index (κ3) is 2.73. The van der Waals surface area contributed by atoms with Crippen LogP contribution in [0.1, 0.15) is 5.56 Å². The Morgan fingerprint density at radius 1 is 1.28 bits per heavy atom. The molecule has 1 aromatic carbocycles. The molecule has 0 spiro atoms. The predicted molar refractivity (Wildman–Crippen MR) is 73.7 cm³/mol. The quantitative estimate of drug-likeness (QED) is 0.916. The van der Waals surface area contributed by atoms with Crippen molar-refractivity contribution in [2.24, 2.45) is 0 Å². The molecule has 2 aromatic rings. The van der Waals surface area contributed by atoms with Crippen molar-refractivity contribution in [3.63, 3.8) is 0 Å². The van der Waals surface area contributed by atoms with Crippen molar-refractivity contribution in [2.75, 3.05) is 26.9 Å². The third-order valence-electron chi connectivity index (χ3n) is 3.00. The molecule has 0 fully saturated rings. The number of nitrogens with zero attached hydrogens (tertiary/aromatic N) is 1. The molecule has 98 valence electrons. The number of likely N-dealkylation sites (N-methyl/N-ethyl adjacent to an activating group) is 1. The lowest BCUT2D eigenvalue weighted by atomic mass is 10.1. The number of nitrogens with one attached hydrogen (secondary N) is 1. The SMILES string of the molecule is CN(C)CCc1c[nH]c2ccc(S(C)(=O)=O)cc12. The van der Waals surface area contributed by atoms with Crippen molar-refractivity contribution in [3.8, 4) is 0 Å². The van der Waals surface area contributed by atoms with E-state index in [4.69, 9.17) is 0 Å². The van der Waals surface area contributed by atoms with Gasteiger partial charge in [0.25, 0.3) is 0 Å². The van der Waals surface area contributed by atoms with Crippen molar-refractivity contribution in [2.45, 2.75) is 11.3 Å². The average molecular weight is 266 g/mol. The molecule has 5 heteroatoms. The molecule has 0 radical (unpaired) electrons. The smallest absolute Gasteiger partial charge is 0.175 e. The van der Waals surface area contributed by atoms with Gasteiger partial charge in [0, 0.05) is 29.9 Å². The number of rotatable bonds is 4. The first-order chi connectivity index (χ1) is 8.38. The fourth-order valence-electron chi connectivity index (χ4n) is 1.94. The van der Waals surface area contributed by atoms with E-state index in [0.29, 0.717) is 4.90 Å². The van der Waals surface area contributed by atoms with E-state index in [1.807, 2.05) is 26.4 Å². The summed E-state index contributed by atoms with van der Waals surface area (Å²) in [7, 11) is 0.905. The van der Waals surface area contributed by atoms with Gasteiger partial charge >= 0.3 is 0 Å². The molecular formula is C13H18N2O2S. The van der Waals surface area contributed by atoms with Crippen LogP contribution in [0.15, 0.2) is 29.3 Å². The number of H-pyrrole nitrogens is 1. The summed E-state index contributed by atoms with van der Waals surface area (Å²) in [6.45, 7) is 0.941. The molecule has 0 aliphatic rings. The minimum Gasteiger partial charge on any atom is -0.361 e. The first-order valence-corrected chi connectivity index (χ1v) is 7.72. The Bertz CT molecular complexity index is 657. The standard InChI is InChI=1S/C13H18N2O2S/c1-15(2)7-6-10-9-14-13-5-4-11(8-12(10)13)18(3,16)17/h4-5,8-9,14H,6-7H2,1-3H3. The van der Waals surface area contributed by atoms with Gasteiger partial charge in [-0.3, -0.25) is 0 Å². The van der Waals surface area contributed by atoms with E-state index in [0.717, 1.165) is 29.4 Å². The highest BCUT2D eigenvalue weighted by molar-refractivity contribution is 7.90. The Morgan fingerprint density at radius 2 is 2.00 bits per heavy atom. The second-order valence-electron chi connectivity index (χ2n) is 4.85. The summed E-state index contributed by atoms with van der Waals surface area (Å²) < 4.78 is 23.1. The summed E-state index contributed by atoms with van der Waals surface area (Å²) in [5, 5.41) is 1.000. The van der Waals surface area contributed by atoms with Crippen LogP contribution in [0.5, 0.6) is 0 Å². The molecule has 0 unspecified atom stereocenters. The van der Waals surface area contributed by atoms with Gasteiger partial charge in [0.15, 0.2) is 9.84 Å². The molecule has 1 N–H and O–H groups in total. The summed E-state index contributed by atoms with van der Waals surface area (Å²) in [6.07, 6.45) is 4.10. The van der Waals surface area contributed by atoms with Crippen LogP contribution in [0.25, 0.3) is 10.9 Å². The maximum absolute atomic E-state index is 11.6. The Kier molecular flexibility index (Phi) is 3.45. The van der Waals surface area contributed by atoms with Crippen LogP contribution in [0, 0.1) is 0 Å². The van der Waals surface area contributed by atoms with Crippen LogP contribution >= 0.6 is 0 Å². The van der Waals surface area contributed by atoms with Gasteiger partial charge in [0.1, 0.15) is 0 Å². The molecule has 0 aliphatic carbocycles. The van der Waals surface area contributed by atoms with E-state index in [9.17, 15) is 8.42 Å². The molecule has 0 saturated carbocycles. The maximum Gasteiger partial charge on any atom is 0.175 e. The zero-order valence-corrected chi connectivity index (χ0v) is 11.7. The van der Waals surface area contributed by atoms with E-state index >= 15 is 0 Å². The lowest BCUT2D eigenvalue weighted by Crippen LogP contribution is -2.14. The van der Waals surface area contributed by atoms with Crippen LogP contribution in [0.4, 0.5) is 0 Å². The van der Waals surface area contributed by atoms with Crippen molar-refractivity contribution in [1.29, 1.82) is 0 Å². The van der Waals surface area contributed by atoms with Gasteiger partial charge in [-0.2, -0.15) is 0 Å². The lowest BCUT2D eigenvalue weighted by Gasteiger charge is -2.08. The first kappa shape index (κ1) is 13.1. The van der Waals surface area contributed by atoms with Crippen LogP contribution < -0.4 is 0 Å². The van der Waals surface area contributed by atoms with Gasteiger partial charge < -0.3 is 9.88 Å². The zero-order valence-electron chi connectivity index (χ0n) is 10.9. The summed E-state index contributed by atoms with van der Waals surface area (Å²) >= 11 is 0. The first-order valence-electron chi connectivity index (χ1n) is 5.83. The highest BCUT2D eigenvalue weighted by atomic mass is 32.2. The normalized spacial score (nSPS) is 12.4. The molecule has 0 amide bonds. The summed E-state index contributed by atoms with van der Waals surface area (Å²) in [5.41, 5.74) is 2.14. The number of hydrogen-bond acceptors (Lipinski definition) is 3. The van der Waals surface area contributed by atoms with Gasteiger partial charge in [0.2, 0.25) is 0 Å². The largest absolute Gasteiger partial charge is 0.361 e. The Hall–Kier alpha value is -1.33. The highest BCUT2D eigenvalue weighted by Crippen LogP contribution is 2.22. The van der Waals surface area contributed by atoms with Crippen molar-refractivity contribution < 1.29 is 8.42 Å². The van der Waals surface area contributed by atoms with Gasteiger partial charge in [-0.25, -0.2) is 8.42 Å². The number of sulfone groups is 1. The third-order valence-corrected chi connectivity index (χ3v) is 4.11. The molecular weight excluding hydrogens is 248 g/mol. The van der Waals surface area contributed by atoms with Crippen LogP contribution in [0.2, 0.25) is 0 Å². The van der Waals surface area contributed by atoms with E-state index in [1.165, 1.54) is 6.26 Å². The van der Waals surface area contributed by atoms with Gasteiger partial charge in [-0.1, -0.05) is 0 Å².